The second kappa shape index (κ2) is 11.4. The summed E-state index contributed by atoms with van der Waals surface area (Å²) in [6, 6.07) is 28.1. The molecule has 0 unspecified atom stereocenters. The van der Waals surface area contributed by atoms with Gasteiger partial charge in [-0.15, -0.1) is 0 Å². The van der Waals surface area contributed by atoms with Gasteiger partial charge in [0, 0.05) is 17.7 Å². The van der Waals surface area contributed by atoms with Gasteiger partial charge in [-0.1, -0.05) is 42.5 Å². The SMILES string of the molecule is CCOc1cc(C=Nn2c(-c3ccccc3)nc3ccccc3c2=O)ccc1OCc1ccc([N+](=O)[O-])cc1. The molecule has 0 spiro atoms. The van der Waals surface area contributed by atoms with Gasteiger partial charge in [0.2, 0.25) is 0 Å². The number of hydrogen-bond acceptors (Lipinski definition) is 7. The molecule has 0 aliphatic rings. The zero-order valence-electron chi connectivity index (χ0n) is 21.1. The van der Waals surface area contributed by atoms with E-state index >= 15 is 0 Å². The summed E-state index contributed by atoms with van der Waals surface area (Å²) >= 11 is 0. The Morgan fingerprint density at radius 2 is 1.67 bits per heavy atom. The van der Waals surface area contributed by atoms with E-state index < -0.39 is 4.92 Å². The highest BCUT2D eigenvalue weighted by Crippen LogP contribution is 2.29. The van der Waals surface area contributed by atoms with E-state index in [1.807, 2.05) is 43.3 Å². The zero-order chi connectivity index (χ0) is 27.2. The Hall–Kier alpha value is -5.31. The standard InChI is InChI=1S/C30H24N4O5/c1-2-38-28-18-22(14-17-27(28)39-20-21-12-15-24(16-13-21)34(36)37)19-31-33-29(23-8-4-3-5-9-23)32-26-11-7-6-10-25(26)30(33)35/h3-19H,2,20H2,1H3. The monoisotopic (exact) mass is 520 g/mol. The van der Waals surface area contributed by atoms with Crippen molar-refractivity contribution in [1.29, 1.82) is 0 Å². The van der Waals surface area contributed by atoms with E-state index in [1.54, 1.807) is 54.7 Å². The second-order valence-corrected chi connectivity index (χ2v) is 8.53. The van der Waals surface area contributed by atoms with Crippen LogP contribution in [-0.4, -0.2) is 27.4 Å². The Morgan fingerprint density at radius 1 is 0.923 bits per heavy atom. The third-order valence-electron chi connectivity index (χ3n) is 5.92. The number of nitrogens with zero attached hydrogens (tertiary/aromatic N) is 4. The predicted molar refractivity (Wildman–Crippen MR) is 149 cm³/mol. The van der Waals surface area contributed by atoms with Crippen LogP contribution < -0.4 is 15.0 Å². The molecule has 39 heavy (non-hydrogen) atoms. The number of nitro groups is 1. The van der Waals surface area contributed by atoms with Crippen LogP contribution in [0.2, 0.25) is 0 Å². The molecule has 0 aliphatic carbocycles. The summed E-state index contributed by atoms with van der Waals surface area (Å²) in [6.45, 7) is 2.50. The molecule has 9 nitrogen and oxygen atoms in total. The van der Waals surface area contributed by atoms with Gasteiger partial charge in [0.1, 0.15) is 6.61 Å². The molecule has 0 fully saturated rings. The lowest BCUT2D eigenvalue weighted by molar-refractivity contribution is -0.384. The van der Waals surface area contributed by atoms with E-state index in [-0.39, 0.29) is 17.9 Å². The molecular weight excluding hydrogens is 496 g/mol. The Balaban J connectivity index is 1.45. The number of ether oxygens (including phenoxy) is 2. The fourth-order valence-electron chi connectivity index (χ4n) is 4.00. The molecule has 0 atom stereocenters. The maximum Gasteiger partial charge on any atom is 0.282 e. The van der Waals surface area contributed by atoms with Crippen LogP contribution in [0.25, 0.3) is 22.3 Å². The van der Waals surface area contributed by atoms with Crippen molar-refractivity contribution >= 4 is 22.8 Å². The average molecular weight is 521 g/mol. The van der Waals surface area contributed by atoms with Crippen LogP contribution >= 0.6 is 0 Å². The lowest BCUT2D eigenvalue weighted by atomic mass is 10.2. The number of fused-ring (bicyclic) bond motifs is 1. The number of non-ortho nitro benzene ring substituents is 1. The second-order valence-electron chi connectivity index (χ2n) is 8.53. The Bertz CT molecular complexity index is 1710. The molecule has 0 saturated heterocycles. The Morgan fingerprint density at radius 3 is 2.41 bits per heavy atom. The first kappa shape index (κ1) is 25.3. The highest BCUT2D eigenvalue weighted by atomic mass is 16.6. The third-order valence-corrected chi connectivity index (χ3v) is 5.92. The van der Waals surface area contributed by atoms with E-state index in [0.29, 0.717) is 40.4 Å². The molecule has 0 amide bonds. The molecule has 0 bridgehead atoms. The Labute approximate surface area is 223 Å². The topological polar surface area (TPSA) is 109 Å². The average Bonchev–Trinajstić information content (AvgIpc) is 2.97. The first-order chi connectivity index (χ1) is 19.0. The van der Waals surface area contributed by atoms with Crippen molar-refractivity contribution < 1.29 is 14.4 Å². The number of nitro benzene ring substituents is 1. The van der Waals surface area contributed by atoms with Crippen LogP contribution in [-0.2, 0) is 6.61 Å². The molecule has 1 aromatic heterocycles. The van der Waals surface area contributed by atoms with E-state index in [2.05, 4.69) is 5.10 Å². The number of para-hydroxylation sites is 1. The number of rotatable bonds is 9. The van der Waals surface area contributed by atoms with E-state index in [1.165, 1.54) is 16.8 Å². The van der Waals surface area contributed by atoms with Crippen molar-refractivity contribution in [3.63, 3.8) is 0 Å². The van der Waals surface area contributed by atoms with Crippen molar-refractivity contribution in [3.8, 4) is 22.9 Å². The van der Waals surface area contributed by atoms with Crippen LogP contribution in [0.4, 0.5) is 5.69 Å². The molecule has 0 aliphatic heterocycles. The summed E-state index contributed by atoms with van der Waals surface area (Å²) in [5.74, 6) is 1.46. The molecule has 9 heteroatoms. The maximum absolute atomic E-state index is 13.4. The van der Waals surface area contributed by atoms with E-state index in [0.717, 1.165) is 11.1 Å². The minimum atomic E-state index is -0.441. The van der Waals surface area contributed by atoms with Crippen molar-refractivity contribution in [1.82, 2.24) is 9.66 Å². The normalized spacial score (nSPS) is 11.1. The molecule has 0 saturated carbocycles. The maximum atomic E-state index is 13.4. The third kappa shape index (κ3) is 5.67. The lowest BCUT2D eigenvalue weighted by Gasteiger charge is -2.13. The van der Waals surface area contributed by atoms with Crippen LogP contribution in [0.3, 0.4) is 0 Å². The summed E-state index contributed by atoms with van der Waals surface area (Å²) in [4.78, 5) is 28.5. The van der Waals surface area contributed by atoms with Crippen molar-refractivity contribution in [2.45, 2.75) is 13.5 Å². The van der Waals surface area contributed by atoms with E-state index in [4.69, 9.17) is 14.5 Å². The van der Waals surface area contributed by atoms with Gasteiger partial charge in [0.25, 0.3) is 11.2 Å². The van der Waals surface area contributed by atoms with Gasteiger partial charge in [0.15, 0.2) is 17.3 Å². The van der Waals surface area contributed by atoms with Crippen molar-refractivity contribution in [2.75, 3.05) is 6.61 Å². The molecule has 5 rings (SSSR count). The first-order valence-electron chi connectivity index (χ1n) is 12.3. The highest BCUT2D eigenvalue weighted by molar-refractivity contribution is 5.82. The van der Waals surface area contributed by atoms with Gasteiger partial charge >= 0.3 is 0 Å². The largest absolute Gasteiger partial charge is 0.490 e. The molecule has 0 radical (unpaired) electrons. The van der Waals surface area contributed by atoms with Gasteiger partial charge < -0.3 is 9.47 Å². The fraction of sp³-hybridized carbons (Fsp3) is 0.100. The van der Waals surface area contributed by atoms with Crippen molar-refractivity contribution in [3.05, 3.63) is 129 Å². The van der Waals surface area contributed by atoms with Gasteiger partial charge in [-0.05, 0) is 60.5 Å². The van der Waals surface area contributed by atoms with Crippen LogP contribution in [0.15, 0.2) is 107 Å². The van der Waals surface area contributed by atoms with E-state index in [9.17, 15) is 14.9 Å². The first-order valence-corrected chi connectivity index (χ1v) is 12.3. The summed E-state index contributed by atoms with van der Waals surface area (Å²) < 4.78 is 13.0. The molecule has 5 aromatic rings. The summed E-state index contributed by atoms with van der Waals surface area (Å²) in [5, 5.41) is 15.9. The summed E-state index contributed by atoms with van der Waals surface area (Å²) in [6.07, 6.45) is 1.58. The summed E-state index contributed by atoms with van der Waals surface area (Å²) in [7, 11) is 0. The van der Waals surface area contributed by atoms with Crippen LogP contribution in [0.5, 0.6) is 11.5 Å². The molecule has 0 N–H and O–H groups in total. The lowest BCUT2D eigenvalue weighted by Crippen LogP contribution is -2.20. The van der Waals surface area contributed by atoms with Gasteiger partial charge in [-0.3, -0.25) is 14.9 Å². The van der Waals surface area contributed by atoms with Crippen LogP contribution in [0.1, 0.15) is 18.1 Å². The quantitative estimate of drug-likeness (QED) is 0.137. The Kier molecular flexibility index (Phi) is 7.40. The highest BCUT2D eigenvalue weighted by Gasteiger charge is 2.13. The minimum Gasteiger partial charge on any atom is -0.490 e. The molecule has 1 heterocycles. The number of aromatic nitrogens is 2. The van der Waals surface area contributed by atoms with Crippen LogP contribution in [0, 0.1) is 10.1 Å². The van der Waals surface area contributed by atoms with Gasteiger partial charge in [0.05, 0.1) is 28.6 Å². The number of hydrogen-bond donors (Lipinski definition) is 0. The fourth-order valence-corrected chi connectivity index (χ4v) is 4.00. The summed E-state index contributed by atoms with van der Waals surface area (Å²) in [5.41, 5.74) is 2.59. The van der Waals surface area contributed by atoms with Gasteiger partial charge in [-0.25, -0.2) is 4.98 Å². The molecule has 4 aromatic carbocycles. The van der Waals surface area contributed by atoms with Gasteiger partial charge in [-0.2, -0.15) is 9.78 Å². The molecule has 194 valence electrons. The molecular formula is C30H24N4O5. The minimum absolute atomic E-state index is 0.0218. The smallest absolute Gasteiger partial charge is 0.282 e. The number of benzene rings is 4. The predicted octanol–water partition coefficient (Wildman–Crippen LogP) is 5.83. The van der Waals surface area contributed by atoms with Crippen molar-refractivity contribution in [2.24, 2.45) is 5.10 Å². The zero-order valence-corrected chi connectivity index (χ0v) is 21.1.